The molecule has 0 aliphatic heterocycles. The lowest BCUT2D eigenvalue weighted by atomic mass is 10.2. The Labute approximate surface area is 119 Å². The molecule has 2 aromatic carbocycles. The summed E-state index contributed by atoms with van der Waals surface area (Å²) in [5.41, 5.74) is 1.38. The summed E-state index contributed by atoms with van der Waals surface area (Å²) >= 11 is 0. The third-order valence-electron chi connectivity index (χ3n) is 3.26. The van der Waals surface area contributed by atoms with Crippen LogP contribution in [0, 0.1) is 0 Å². The molecule has 0 aliphatic rings. The van der Waals surface area contributed by atoms with E-state index in [-0.39, 0.29) is 11.3 Å². The second-order valence-electron chi connectivity index (χ2n) is 4.47. The number of H-pyrrole nitrogens is 1. The third kappa shape index (κ3) is 2.06. The van der Waals surface area contributed by atoms with Crippen molar-refractivity contribution < 1.29 is 14.6 Å². The van der Waals surface area contributed by atoms with Gasteiger partial charge in [0.2, 0.25) is 0 Å². The molecule has 0 radical (unpaired) electrons. The van der Waals surface area contributed by atoms with E-state index in [1.54, 1.807) is 30.3 Å². The minimum absolute atomic E-state index is 0.116. The zero-order valence-corrected chi connectivity index (χ0v) is 11.2. The van der Waals surface area contributed by atoms with Crippen molar-refractivity contribution in [1.29, 1.82) is 0 Å². The number of carboxylic acids is 1. The van der Waals surface area contributed by atoms with Crippen molar-refractivity contribution >= 4 is 17.0 Å². The third-order valence-corrected chi connectivity index (χ3v) is 3.26. The Morgan fingerprint density at radius 1 is 1.24 bits per heavy atom. The van der Waals surface area contributed by atoms with Crippen molar-refractivity contribution in [3.8, 4) is 11.4 Å². The van der Waals surface area contributed by atoms with Gasteiger partial charge in [-0.3, -0.25) is 4.57 Å². The normalized spacial score (nSPS) is 10.7. The predicted molar refractivity (Wildman–Crippen MR) is 77.4 cm³/mol. The predicted octanol–water partition coefficient (Wildman–Crippen LogP) is 2.03. The van der Waals surface area contributed by atoms with E-state index in [1.807, 2.05) is 0 Å². The van der Waals surface area contributed by atoms with Crippen molar-refractivity contribution in [3.63, 3.8) is 0 Å². The fourth-order valence-corrected chi connectivity index (χ4v) is 2.29. The first-order valence-electron chi connectivity index (χ1n) is 6.23. The summed E-state index contributed by atoms with van der Waals surface area (Å²) in [6, 6.07) is 11.5. The van der Waals surface area contributed by atoms with Crippen LogP contribution in [0.2, 0.25) is 0 Å². The van der Waals surface area contributed by atoms with E-state index >= 15 is 0 Å². The fraction of sp³-hybridized carbons (Fsp3) is 0.0667. The van der Waals surface area contributed by atoms with Gasteiger partial charge in [-0.2, -0.15) is 0 Å². The average molecular weight is 284 g/mol. The first kappa shape index (κ1) is 13.0. The van der Waals surface area contributed by atoms with E-state index in [2.05, 4.69) is 4.98 Å². The topological polar surface area (TPSA) is 84.3 Å². The van der Waals surface area contributed by atoms with Gasteiger partial charge in [0.25, 0.3) is 0 Å². The van der Waals surface area contributed by atoms with E-state index in [0.29, 0.717) is 22.5 Å². The molecule has 1 heterocycles. The van der Waals surface area contributed by atoms with Gasteiger partial charge >= 0.3 is 11.7 Å². The Morgan fingerprint density at radius 2 is 2.00 bits per heavy atom. The summed E-state index contributed by atoms with van der Waals surface area (Å²) < 4.78 is 6.66. The van der Waals surface area contributed by atoms with E-state index < -0.39 is 5.97 Å². The number of carboxylic acid groups (broad SMARTS) is 1. The molecule has 0 spiro atoms. The molecule has 6 heteroatoms. The van der Waals surface area contributed by atoms with Crippen molar-refractivity contribution in [2.75, 3.05) is 7.11 Å². The molecule has 0 aliphatic carbocycles. The van der Waals surface area contributed by atoms with Crippen LogP contribution in [0.4, 0.5) is 0 Å². The molecule has 0 saturated heterocycles. The largest absolute Gasteiger partial charge is 0.495 e. The molecule has 106 valence electrons. The number of aromatic carboxylic acids is 1. The minimum Gasteiger partial charge on any atom is -0.495 e. The molecule has 0 saturated carbocycles. The molecule has 0 unspecified atom stereocenters. The van der Waals surface area contributed by atoms with Crippen LogP contribution in [0.25, 0.3) is 16.7 Å². The highest BCUT2D eigenvalue weighted by Gasteiger charge is 2.14. The molecular formula is C15H12N2O4. The highest BCUT2D eigenvalue weighted by molar-refractivity contribution is 5.92. The van der Waals surface area contributed by atoms with Crippen LogP contribution >= 0.6 is 0 Å². The standard InChI is InChI=1S/C15H12N2O4/c1-21-13-5-3-2-4-11(13)17-12-8-9(14(18)19)6-7-10(12)16-15(17)20/h2-8H,1H3,(H,16,20)(H,18,19). The maximum atomic E-state index is 12.2. The van der Waals surface area contributed by atoms with Crippen molar-refractivity contribution in [2.45, 2.75) is 0 Å². The molecule has 0 bridgehead atoms. The molecule has 1 aromatic heterocycles. The number of rotatable bonds is 3. The van der Waals surface area contributed by atoms with Gasteiger partial charge in [-0.15, -0.1) is 0 Å². The van der Waals surface area contributed by atoms with Crippen LogP contribution in [0.1, 0.15) is 10.4 Å². The van der Waals surface area contributed by atoms with E-state index in [9.17, 15) is 9.59 Å². The molecule has 0 fully saturated rings. The van der Waals surface area contributed by atoms with Crippen LogP contribution < -0.4 is 10.4 Å². The summed E-state index contributed by atoms with van der Waals surface area (Å²) in [6.45, 7) is 0. The fourth-order valence-electron chi connectivity index (χ4n) is 2.29. The number of methoxy groups -OCH3 is 1. The molecule has 3 aromatic rings. The number of nitrogens with one attached hydrogen (secondary N) is 1. The quantitative estimate of drug-likeness (QED) is 0.770. The molecular weight excluding hydrogens is 272 g/mol. The lowest BCUT2D eigenvalue weighted by Gasteiger charge is -2.09. The summed E-state index contributed by atoms with van der Waals surface area (Å²) in [6.07, 6.45) is 0. The number of para-hydroxylation sites is 2. The van der Waals surface area contributed by atoms with Crippen LogP contribution in [-0.4, -0.2) is 27.7 Å². The van der Waals surface area contributed by atoms with Crippen molar-refractivity contribution in [2.24, 2.45) is 0 Å². The maximum absolute atomic E-state index is 12.2. The number of aromatic nitrogens is 2. The Hall–Kier alpha value is -3.02. The van der Waals surface area contributed by atoms with Gasteiger partial charge in [0, 0.05) is 0 Å². The number of ether oxygens (including phenoxy) is 1. The summed E-state index contributed by atoms with van der Waals surface area (Å²) in [7, 11) is 1.52. The van der Waals surface area contributed by atoms with Gasteiger partial charge in [-0.05, 0) is 30.3 Å². The number of aromatic amines is 1. The molecule has 0 amide bonds. The molecule has 2 N–H and O–H groups in total. The van der Waals surface area contributed by atoms with Gasteiger partial charge in [-0.25, -0.2) is 9.59 Å². The lowest BCUT2D eigenvalue weighted by Crippen LogP contribution is -2.15. The van der Waals surface area contributed by atoms with Crippen LogP contribution in [0.3, 0.4) is 0 Å². The number of nitrogens with zero attached hydrogens (tertiary/aromatic N) is 1. The maximum Gasteiger partial charge on any atom is 0.335 e. The van der Waals surface area contributed by atoms with Gasteiger partial charge in [0.05, 0.1) is 29.4 Å². The average Bonchev–Trinajstić information content (AvgIpc) is 2.81. The number of hydrogen-bond acceptors (Lipinski definition) is 3. The van der Waals surface area contributed by atoms with Crippen LogP contribution in [0.5, 0.6) is 5.75 Å². The van der Waals surface area contributed by atoms with Gasteiger partial charge in [0.1, 0.15) is 5.75 Å². The summed E-state index contributed by atoms with van der Waals surface area (Å²) in [5, 5.41) is 9.09. The lowest BCUT2D eigenvalue weighted by molar-refractivity contribution is 0.0697. The SMILES string of the molecule is COc1ccccc1-n1c(=O)[nH]c2ccc(C(=O)O)cc21. The van der Waals surface area contributed by atoms with Gasteiger partial charge in [0.15, 0.2) is 0 Å². The first-order chi connectivity index (χ1) is 10.1. The zero-order chi connectivity index (χ0) is 15.0. The molecule has 0 atom stereocenters. The Morgan fingerprint density at radius 3 is 2.71 bits per heavy atom. The highest BCUT2D eigenvalue weighted by Crippen LogP contribution is 2.24. The number of benzene rings is 2. The van der Waals surface area contributed by atoms with Crippen LogP contribution in [0.15, 0.2) is 47.3 Å². The number of fused-ring (bicyclic) bond motifs is 1. The Kier molecular flexibility index (Phi) is 2.98. The number of hydrogen-bond donors (Lipinski definition) is 2. The first-order valence-corrected chi connectivity index (χ1v) is 6.23. The van der Waals surface area contributed by atoms with E-state index in [0.717, 1.165) is 0 Å². The Bertz CT molecular complexity index is 892. The summed E-state index contributed by atoms with van der Waals surface area (Å²) in [4.78, 5) is 26.0. The second-order valence-corrected chi connectivity index (χ2v) is 4.47. The van der Waals surface area contributed by atoms with Crippen molar-refractivity contribution in [3.05, 3.63) is 58.5 Å². The van der Waals surface area contributed by atoms with E-state index in [4.69, 9.17) is 9.84 Å². The number of imidazole rings is 1. The van der Waals surface area contributed by atoms with Gasteiger partial charge < -0.3 is 14.8 Å². The Balaban J connectivity index is 2.36. The second kappa shape index (κ2) is 4.82. The smallest absolute Gasteiger partial charge is 0.335 e. The number of carbonyl (C=O) groups is 1. The molecule has 21 heavy (non-hydrogen) atoms. The molecule has 6 nitrogen and oxygen atoms in total. The monoisotopic (exact) mass is 284 g/mol. The zero-order valence-electron chi connectivity index (χ0n) is 11.2. The van der Waals surface area contributed by atoms with Crippen LogP contribution in [-0.2, 0) is 0 Å². The highest BCUT2D eigenvalue weighted by atomic mass is 16.5. The van der Waals surface area contributed by atoms with Gasteiger partial charge in [-0.1, -0.05) is 12.1 Å². The summed E-state index contributed by atoms with van der Waals surface area (Å²) in [5.74, 6) is -0.515. The minimum atomic E-state index is -1.04. The van der Waals surface area contributed by atoms with E-state index in [1.165, 1.54) is 23.8 Å². The van der Waals surface area contributed by atoms with Crippen molar-refractivity contribution in [1.82, 2.24) is 9.55 Å². The molecule has 3 rings (SSSR count).